The third-order valence-electron chi connectivity index (χ3n) is 3.46. The predicted octanol–water partition coefficient (Wildman–Crippen LogP) is 2.04. The standard InChI is InChI=1S/C14H11FIN5O2/c15-14-20-12(17)11-13(21-14)19-10(18-11)4-6-3-8-9(5-7(6)16)23-2-1-22-8/h3,5H,1-2,4H2,(H3,17,18,19,20,21). The summed E-state index contributed by atoms with van der Waals surface area (Å²) in [5.41, 5.74) is 7.35. The summed E-state index contributed by atoms with van der Waals surface area (Å²) in [6, 6.07) is 3.86. The SMILES string of the molecule is Nc1nc(F)nc2[nH]c(Cc3cc4c(cc3I)OCCO4)nc12. The monoisotopic (exact) mass is 427 g/mol. The number of nitrogen functional groups attached to an aromatic ring is 1. The van der Waals surface area contributed by atoms with Crippen LogP contribution in [0.5, 0.6) is 11.5 Å². The second kappa shape index (κ2) is 5.48. The maximum Gasteiger partial charge on any atom is 0.312 e. The normalized spacial score (nSPS) is 13.5. The lowest BCUT2D eigenvalue weighted by atomic mass is 10.1. The number of aromatic nitrogens is 4. The van der Waals surface area contributed by atoms with Gasteiger partial charge in [0.15, 0.2) is 28.5 Å². The molecule has 0 saturated heterocycles. The van der Waals surface area contributed by atoms with Crippen LogP contribution in [0.4, 0.5) is 10.2 Å². The summed E-state index contributed by atoms with van der Waals surface area (Å²) in [6.07, 6.45) is -0.370. The summed E-state index contributed by atoms with van der Waals surface area (Å²) in [5, 5.41) is 0. The summed E-state index contributed by atoms with van der Waals surface area (Å²) < 4.78 is 25.4. The van der Waals surface area contributed by atoms with Crippen LogP contribution >= 0.6 is 22.6 Å². The zero-order valence-corrected chi connectivity index (χ0v) is 13.9. The van der Waals surface area contributed by atoms with Gasteiger partial charge in [0.25, 0.3) is 0 Å². The molecule has 2 aromatic heterocycles. The summed E-state index contributed by atoms with van der Waals surface area (Å²) in [5.74, 6) is 2.10. The molecular weight excluding hydrogens is 416 g/mol. The molecular formula is C14H11FIN5O2. The Morgan fingerprint density at radius 1 is 1.17 bits per heavy atom. The first-order valence-corrected chi connectivity index (χ1v) is 7.93. The smallest absolute Gasteiger partial charge is 0.312 e. The Balaban J connectivity index is 1.72. The van der Waals surface area contributed by atoms with Crippen molar-refractivity contribution in [1.82, 2.24) is 19.9 Å². The van der Waals surface area contributed by atoms with Crippen molar-refractivity contribution < 1.29 is 13.9 Å². The topological polar surface area (TPSA) is 98.9 Å². The Kier molecular flexibility index (Phi) is 3.43. The Morgan fingerprint density at radius 3 is 2.70 bits per heavy atom. The van der Waals surface area contributed by atoms with Gasteiger partial charge in [-0.2, -0.15) is 14.4 Å². The number of benzene rings is 1. The summed E-state index contributed by atoms with van der Waals surface area (Å²) in [6.45, 7) is 1.08. The van der Waals surface area contributed by atoms with Crippen LogP contribution in [0.25, 0.3) is 11.2 Å². The fourth-order valence-corrected chi connectivity index (χ4v) is 3.08. The number of aromatic amines is 1. The lowest BCUT2D eigenvalue weighted by Crippen LogP contribution is -2.15. The number of nitrogens with two attached hydrogens (primary N) is 1. The molecule has 0 radical (unpaired) electrons. The highest BCUT2D eigenvalue weighted by molar-refractivity contribution is 14.1. The van der Waals surface area contributed by atoms with Gasteiger partial charge in [0.2, 0.25) is 0 Å². The molecule has 0 spiro atoms. The predicted molar refractivity (Wildman–Crippen MR) is 89.0 cm³/mol. The second-order valence-electron chi connectivity index (χ2n) is 5.02. The molecule has 0 bridgehead atoms. The molecule has 0 saturated carbocycles. The molecule has 3 N–H and O–H groups in total. The minimum absolute atomic E-state index is 0.0203. The third kappa shape index (κ3) is 2.64. The van der Waals surface area contributed by atoms with Gasteiger partial charge in [-0.15, -0.1) is 0 Å². The number of hydrogen-bond donors (Lipinski definition) is 2. The van der Waals surface area contributed by atoms with E-state index in [1.54, 1.807) is 0 Å². The van der Waals surface area contributed by atoms with E-state index in [-0.39, 0.29) is 11.5 Å². The Bertz CT molecular complexity index is 914. The molecule has 0 aliphatic carbocycles. The second-order valence-corrected chi connectivity index (χ2v) is 6.18. The van der Waals surface area contributed by atoms with Gasteiger partial charge in [0, 0.05) is 9.99 Å². The number of rotatable bonds is 2. The fourth-order valence-electron chi connectivity index (χ4n) is 2.45. The number of nitrogens with one attached hydrogen (secondary N) is 1. The van der Waals surface area contributed by atoms with Crippen molar-refractivity contribution in [1.29, 1.82) is 0 Å². The molecule has 4 rings (SSSR count). The highest BCUT2D eigenvalue weighted by Crippen LogP contribution is 2.34. The van der Waals surface area contributed by atoms with Crippen molar-refractivity contribution >= 4 is 39.6 Å². The molecule has 1 aliphatic rings. The summed E-state index contributed by atoms with van der Waals surface area (Å²) >= 11 is 2.23. The van der Waals surface area contributed by atoms with E-state index < -0.39 is 6.08 Å². The molecule has 0 amide bonds. The lowest BCUT2D eigenvalue weighted by molar-refractivity contribution is 0.171. The van der Waals surface area contributed by atoms with Gasteiger partial charge in [-0.3, -0.25) is 0 Å². The van der Waals surface area contributed by atoms with Crippen molar-refractivity contribution in [3.05, 3.63) is 33.2 Å². The van der Waals surface area contributed by atoms with Gasteiger partial charge >= 0.3 is 6.08 Å². The van der Waals surface area contributed by atoms with E-state index in [4.69, 9.17) is 15.2 Å². The van der Waals surface area contributed by atoms with Crippen molar-refractivity contribution in [2.24, 2.45) is 0 Å². The number of halogens is 2. The third-order valence-corrected chi connectivity index (χ3v) is 4.47. The maximum absolute atomic E-state index is 13.2. The van der Waals surface area contributed by atoms with E-state index in [0.717, 1.165) is 14.9 Å². The van der Waals surface area contributed by atoms with E-state index in [2.05, 4.69) is 42.5 Å². The van der Waals surface area contributed by atoms with Crippen LogP contribution < -0.4 is 15.2 Å². The first-order valence-electron chi connectivity index (χ1n) is 6.86. The minimum atomic E-state index is -0.876. The van der Waals surface area contributed by atoms with Crippen LogP contribution in [0.3, 0.4) is 0 Å². The molecule has 1 aromatic carbocycles. The van der Waals surface area contributed by atoms with Crippen molar-refractivity contribution in [3.8, 4) is 11.5 Å². The van der Waals surface area contributed by atoms with Crippen LogP contribution in [0.2, 0.25) is 0 Å². The number of nitrogens with zero attached hydrogens (tertiary/aromatic N) is 3. The average Bonchev–Trinajstić information content (AvgIpc) is 2.91. The first kappa shape index (κ1) is 14.4. The zero-order valence-electron chi connectivity index (χ0n) is 11.8. The molecule has 0 unspecified atom stereocenters. The van der Waals surface area contributed by atoms with Crippen LogP contribution in [-0.2, 0) is 6.42 Å². The molecule has 3 heterocycles. The number of hydrogen-bond acceptors (Lipinski definition) is 6. The van der Waals surface area contributed by atoms with Gasteiger partial charge in [0.05, 0.1) is 0 Å². The van der Waals surface area contributed by atoms with E-state index in [9.17, 15) is 4.39 Å². The molecule has 1 aliphatic heterocycles. The van der Waals surface area contributed by atoms with Crippen molar-refractivity contribution in [2.75, 3.05) is 18.9 Å². The highest BCUT2D eigenvalue weighted by atomic mass is 127. The number of anilines is 1. The van der Waals surface area contributed by atoms with Crippen LogP contribution in [-0.4, -0.2) is 33.1 Å². The van der Waals surface area contributed by atoms with Gasteiger partial charge < -0.3 is 20.2 Å². The maximum atomic E-state index is 13.2. The van der Waals surface area contributed by atoms with Crippen molar-refractivity contribution in [3.63, 3.8) is 0 Å². The van der Waals surface area contributed by atoms with E-state index in [0.29, 0.717) is 36.7 Å². The molecule has 118 valence electrons. The van der Waals surface area contributed by atoms with Gasteiger partial charge in [-0.25, -0.2) is 4.98 Å². The summed E-state index contributed by atoms with van der Waals surface area (Å²) in [4.78, 5) is 14.5. The van der Waals surface area contributed by atoms with Crippen LogP contribution in [0.15, 0.2) is 12.1 Å². The Hall–Kier alpha value is -2.17. The minimum Gasteiger partial charge on any atom is -0.486 e. The Labute approximate surface area is 143 Å². The molecule has 3 aromatic rings. The molecule has 0 fully saturated rings. The van der Waals surface area contributed by atoms with Crippen LogP contribution in [0, 0.1) is 9.65 Å². The molecule has 23 heavy (non-hydrogen) atoms. The molecule has 9 heteroatoms. The Morgan fingerprint density at radius 2 is 1.91 bits per heavy atom. The average molecular weight is 427 g/mol. The first-order chi connectivity index (χ1) is 11.1. The van der Waals surface area contributed by atoms with E-state index in [1.807, 2.05) is 12.1 Å². The summed E-state index contributed by atoms with van der Waals surface area (Å²) in [7, 11) is 0. The van der Waals surface area contributed by atoms with Crippen molar-refractivity contribution in [2.45, 2.75) is 6.42 Å². The number of H-pyrrole nitrogens is 1. The highest BCUT2D eigenvalue weighted by Gasteiger charge is 2.17. The number of imidazole rings is 1. The van der Waals surface area contributed by atoms with Gasteiger partial charge in [-0.1, -0.05) is 0 Å². The van der Waals surface area contributed by atoms with Gasteiger partial charge in [0.1, 0.15) is 19.0 Å². The van der Waals surface area contributed by atoms with E-state index >= 15 is 0 Å². The fraction of sp³-hybridized carbons (Fsp3) is 0.214. The molecule has 0 atom stereocenters. The van der Waals surface area contributed by atoms with E-state index in [1.165, 1.54) is 0 Å². The zero-order chi connectivity index (χ0) is 16.0. The lowest BCUT2D eigenvalue weighted by Gasteiger charge is -2.19. The molecule has 7 nitrogen and oxygen atoms in total. The number of ether oxygens (including phenoxy) is 2. The quantitative estimate of drug-likeness (QED) is 0.480. The number of fused-ring (bicyclic) bond motifs is 2. The van der Waals surface area contributed by atoms with Crippen LogP contribution in [0.1, 0.15) is 11.4 Å². The van der Waals surface area contributed by atoms with Gasteiger partial charge in [-0.05, 0) is 40.3 Å². The largest absolute Gasteiger partial charge is 0.486 e.